The molecular formula is C12H24O2Si. The standard InChI is InChI=1S/C12H24O2Si/c1-9(2)11(10-8-13-10)14-15(6,7)12(3,4)5/h10-11H,1,8H2,2-7H3/t10-,11-/m1/s1. The molecule has 15 heavy (non-hydrogen) atoms. The smallest absolute Gasteiger partial charge is 0.193 e. The van der Waals surface area contributed by atoms with Crippen LogP contribution in [0.5, 0.6) is 0 Å². The van der Waals surface area contributed by atoms with E-state index in [9.17, 15) is 0 Å². The van der Waals surface area contributed by atoms with Crippen molar-refractivity contribution in [3.8, 4) is 0 Å². The van der Waals surface area contributed by atoms with Gasteiger partial charge >= 0.3 is 0 Å². The summed E-state index contributed by atoms with van der Waals surface area (Å²) in [6, 6.07) is 0. The molecule has 0 radical (unpaired) electrons. The highest BCUT2D eigenvalue weighted by molar-refractivity contribution is 6.74. The number of epoxide rings is 1. The molecule has 0 saturated carbocycles. The van der Waals surface area contributed by atoms with Crippen LogP contribution in [0.1, 0.15) is 27.7 Å². The summed E-state index contributed by atoms with van der Waals surface area (Å²) in [6.07, 6.45) is 0.363. The Hall–Kier alpha value is -0.123. The molecule has 0 bridgehead atoms. The second-order valence-corrected chi connectivity index (χ2v) is 10.8. The van der Waals surface area contributed by atoms with Crippen LogP contribution in [-0.4, -0.2) is 27.1 Å². The molecule has 1 heterocycles. The van der Waals surface area contributed by atoms with Crippen LogP contribution in [0.15, 0.2) is 12.2 Å². The first-order chi connectivity index (χ1) is 6.65. The molecule has 0 aromatic rings. The molecule has 2 nitrogen and oxygen atoms in total. The van der Waals surface area contributed by atoms with E-state index in [0.29, 0.717) is 0 Å². The Morgan fingerprint density at radius 2 is 1.93 bits per heavy atom. The molecule has 1 rings (SSSR count). The van der Waals surface area contributed by atoms with E-state index in [4.69, 9.17) is 9.16 Å². The molecule has 1 saturated heterocycles. The Balaban J connectivity index is 2.69. The number of ether oxygens (including phenoxy) is 1. The third-order valence-electron chi connectivity index (χ3n) is 3.41. The first-order valence-corrected chi connectivity index (χ1v) is 8.51. The molecule has 1 aliphatic rings. The number of rotatable bonds is 4. The first kappa shape index (κ1) is 12.9. The van der Waals surface area contributed by atoms with Gasteiger partial charge in [0, 0.05) is 0 Å². The largest absolute Gasteiger partial charge is 0.408 e. The van der Waals surface area contributed by atoms with Crippen LogP contribution in [0.4, 0.5) is 0 Å². The molecular weight excluding hydrogens is 204 g/mol. The average molecular weight is 228 g/mol. The van der Waals surface area contributed by atoms with Crippen LogP contribution < -0.4 is 0 Å². The highest BCUT2D eigenvalue weighted by Gasteiger charge is 2.43. The van der Waals surface area contributed by atoms with Crippen LogP contribution in [0, 0.1) is 0 Å². The molecule has 1 fully saturated rings. The minimum Gasteiger partial charge on any atom is -0.408 e. The van der Waals surface area contributed by atoms with E-state index in [0.717, 1.165) is 12.2 Å². The van der Waals surface area contributed by atoms with Gasteiger partial charge in [-0.15, -0.1) is 0 Å². The SMILES string of the molecule is C=C(C)[C@@H](O[Si](C)(C)C(C)(C)C)[C@H]1CO1. The molecule has 0 aromatic heterocycles. The van der Waals surface area contributed by atoms with E-state index in [-0.39, 0.29) is 17.2 Å². The fourth-order valence-electron chi connectivity index (χ4n) is 1.22. The molecule has 0 aromatic carbocycles. The van der Waals surface area contributed by atoms with Gasteiger partial charge in [0.2, 0.25) is 0 Å². The van der Waals surface area contributed by atoms with Gasteiger partial charge in [0.25, 0.3) is 0 Å². The molecule has 0 spiro atoms. The first-order valence-electron chi connectivity index (χ1n) is 5.60. The zero-order valence-corrected chi connectivity index (χ0v) is 11.9. The Kier molecular flexibility index (Phi) is 3.48. The van der Waals surface area contributed by atoms with Gasteiger partial charge in [-0.3, -0.25) is 0 Å². The summed E-state index contributed by atoms with van der Waals surface area (Å²) in [4.78, 5) is 0. The van der Waals surface area contributed by atoms with Gasteiger partial charge in [-0.25, -0.2) is 0 Å². The second-order valence-electron chi connectivity index (χ2n) is 6.02. The Morgan fingerprint density at radius 1 is 1.47 bits per heavy atom. The van der Waals surface area contributed by atoms with E-state index in [1.807, 2.05) is 6.92 Å². The number of hydrogen-bond donors (Lipinski definition) is 0. The predicted molar refractivity (Wildman–Crippen MR) is 66.6 cm³/mol. The predicted octanol–water partition coefficient (Wildman–Crippen LogP) is 3.35. The van der Waals surface area contributed by atoms with Crippen molar-refractivity contribution < 1.29 is 9.16 Å². The molecule has 3 heteroatoms. The zero-order valence-electron chi connectivity index (χ0n) is 10.9. The van der Waals surface area contributed by atoms with E-state index < -0.39 is 8.32 Å². The average Bonchev–Trinajstić information content (AvgIpc) is 2.79. The Bertz CT molecular complexity index is 249. The van der Waals surface area contributed by atoms with Gasteiger partial charge in [-0.2, -0.15) is 0 Å². The lowest BCUT2D eigenvalue weighted by atomic mass is 10.1. The fourth-order valence-corrected chi connectivity index (χ4v) is 2.56. The normalized spacial score (nSPS) is 23.7. The minimum absolute atomic E-state index is 0.103. The van der Waals surface area contributed by atoms with Crippen molar-refractivity contribution in [1.29, 1.82) is 0 Å². The monoisotopic (exact) mass is 228 g/mol. The summed E-state index contributed by atoms with van der Waals surface area (Å²) >= 11 is 0. The van der Waals surface area contributed by atoms with Crippen LogP contribution in [0.2, 0.25) is 18.1 Å². The van der Waals surface area contributed by atoms with Crippen molar-refractivity contribution in [2.45, 2.75) is 58.0 Å². The van der Waals surface area contributed by atoms with Crippen LogP contribution in [0.3, 0.4) is 0 Å². The molecule has 88 valence electrons. The summed E-state index contributed by atoms with van der Waals surface area (Å²) in [5, 5.41) is 0.246. The van der Waals surface area contributed by atoms with Crippen molar-refractivity contribution in [2.75, 3.05) is 6.61 Å². The van der Waals surface area contributed by atoms with Gasteiger partial charge in [0.15, 0.2) is 8.32 Å². The molecule has 0 aliphatic carbocycles. The number of hydrogen-bond acceptors (Lipinski definition) is 2. The second kappa shape index (κ2) is 4.04. The maximum absolute atomic E-state index is 6.30. The van der Waals surface area contributed by atoms with E-state index in [1.54, 1.807) is 0 Å². The molecule has 0 unspecified atom stereocenters. The van der Waals surface area contributed by atoms with Crippen LogP contribution in [-0.2, 0) is 9.16 Å². The van der Waals surface area contributed by atoms with Gasteiger partial charge in [0.1, 0.15) is 6.10 Å². The van der Waals surface area contributed by atoms with Crippen molar-refractivity contribution in [3.63, 3.8) is 0 Å². The molecule has 1 aliphatic heterocycles. The van der Waals surface area contributed by atoms with Gasteiger partial charge in [-0.05, 0) is 25.1 Å². The fraction of sp³-hybridized carbons (Fsp3) is 0.833. The van der Waals surface area contributed by atoms with Crippen LogP contribution >= 0.6 is 0 Å². The lowest BCUT2D eigenvalue weighted by Gasteiger charge is -2.39. The Labute approximate surface area is 94.8 Å². The summed E-state index contributed by atoms with van der Waals surface area (Å²) in [6.45, 7) is 18.1. The zero-order chi connectivity index (χ0) is 11.9. The van der Waals surface area contributed by atoms with Crippen molar-refractivity contribution in [3.05, 3.63) is 12.2 Å². The lowest BCUT2D eigenvalue weighted by Crippen LogP contribution is -2.45. The van der Waals surface area contributed by atoms with Gasteiger partial charge in [0.05, 0.1) is 12.7 Å². The maximum Gasteiger partial charge on any atom is 0.193 e. The van der Waals surface area contributed by atoms with Gasteiger partial charge in [-0.1, -0.05) is 32.9 Å². The summed E-state index contributed by atoms with van der Waals surface area (Å²) in [7, 11) is -1.69. The van der Waals surface area contributed by atoms with Crippen molar-refractivity contribution in [2.24, 2.45) is 0 Å². The maximum atomic E-state index is 6.30. The topological polar surface area (TPSA) is 21.8 Å². The van der Waals surface area contributed by atoms with Crippen molar-refractivity contribution in [1.82, 2.24) is 0 Å². The van der Waals surface area contributed by atoms with Crippen LogP contribution in [0.25, 0.3) is 0 Å². The molecule has 0 N–H and O–H groups in total. The Morgan fingerprint density at radius 3 is 2.20 bits per heavy atom. The summed E-state index contributed by atoms with van der Waals surface area (Å²) in [5.41, 5.74) is 1.09. The quantitative estimate of drug-likeness (QED) is 0.418. The lowest BCUT2D eigenvalue weighted by molar-refractivity contribution is 0.173. The van der Waals surface area contributed by atoms with E-state index in [1.165, 1.54) is 0 Å². The summed E-state index contributed by atoms with van der Waals surface area (Å²) < 4.78 is 11.6. The van der Waals surface area contributed by atoms with E-state index >= 15 is 0 Å². The molecule has 0 amide bonds. The van der Waals surface area contributed by atoms with Crippen molar-refractivity contribution >= 4 is 8.32 Å². The minimum atomic E-state index is -1.69. The highest BCUT2D eigenvalue weighted by atomic mass is 28.4. The summed E-state index contributed by atoms with van der Waals surface area (Å²) in [5.74, 6) is 0. The van der Waals surface area contributed by atoms with Gasteiger partial charge < -0.3 is 9.16 Å². The molecule has 2 atom stereocenters. The van der Waals surface area contributed by atoms with E-state index in [2.05, 4.69) is 40.4 Å². The highest BCUT2D eigenvalue weighted by Crippen LogP contribution is 2.39. The third-order valence-corrected chi connectivity index (χ3v) is 7.87. The third kappa shape index (κ3) is 3.16.